The van der Waals surface area contributed by atoms with Gasteiger partial charge in [-0.1, -0.05) is 13.8 Å². The average Bonchev–Trinajstić information content (AvgIpc) is 3.08. The summed E-state index contributed by atoms with van der Waals surface area (Å²) in [6.07, 6.45) is 3.47. The highest BCUT2D eigenvalue weighted by Gasteiger charge is 2.51. The molecule has 2 rings (SSSR count). The number of hydrogen-bond acceptors (Lipinski definition) is 2. The van der Waals surface area contributed by atoms with Gasteiger partial charge in [-0.05, 0) is 31.6 Å². The molecule has 0 aromatic carbocycles. The van der Waals surface area contributed by atoms with Crippen molar-refractivity contribution in [2.75, 3.05) is 7.05 Å². The maximum atomic E-state index is 12.3. The first-order chi connectivity index (χ1) is 7.55. The molecule has 1 aliphatic carbocycles. The van der Waals surface area contributed by atoms with Crippen molar-refractivity contribution in [3.8, 4) is 0 Å². The molecule has 1 N–H and O–H groups in total. The molecule has 0 spiro atoms. The van der Waals surface area contributed by atoms with E-state index in [4.69, 9.17) is 0 Å². The molecule has 2 amide bonds. The van der Waals surface area contributed by atoms with Gasteiger partial charge in [0.1, 0.15) is 11.6 Å². The molecule has 1 saturated heterocycles. The molecule has 0 bridgehead atoms. The highest BCUT2D eigenvalue weighted by molar-refractivity contribution is 5.99. The quantitative estimate of drug-likeness (QED) is 0.774. The van der Waals surface area contributed by atoms with Crippen molar-refractivity contribution in [1.82, 2.24) is 10.2 Å². The molecule has 16 heavy (non-hydrogen) atoms. The van der Waals surface area contributed by atoms with Crippen LogP contribution >= 0.6 is 0 Å². The second-order valence-corrected chi connectivity index (χ2v) is 4.98. The fourth-order valence-corrected chi connectivity index (χ4v) is 2.67. The fraction of sp³-hybridized carbons (Fsp3) is 0.833. The molecule has 0 aromatic heterocycles. The number of nitrogens with zero attached hydrogens (tertiary/aromatic N) is 1. The average molecular weight is 224 g/mol. The maximum Gasteiger partial charge on any atom is 0.248 e. The number of hydrogen-bond donors (Lipinski definition) is 1. The summed E-state index contributed by atoms with van der Waals surface area (Å²) in [7, 11) is 1.77. The predicted molar refractivity (Wildman–Crippen MR) is 60.7 cm³/mol. The van der Waals surface area contributed by atoms with Gasteiger partial charge in [0.2, 0.25) is 11.8 Å². The third-order valence-corrected chi connectivity index (χ3v) is 4.05. The summed E-state index contributed by atoms with van der Waals surface area (Å²) in [5.74, 6) is 0.503. The summed E-state index contributed by atoms with van der Waals surface area (Å²) < 4.78 is 0. The zero-order valence-corrected chi connectivity index (χ0v) is 10.2. The van der Waals surface area contributed by atoms with Crippen LogP contribution in [-0.2, 0) is 9.59 Å². The van der Waals surface area contributed by atoms with E-state index in [2.05, 4.69) is 5.32 Å². The molecular weight excluding hydrogens is 204 g/mol. The van der Waals surface area contributed by atoms with Gasteiger partial charge >= 0.3 is 0 Å². The highest BCUT2D eigenvalue weighted by atomic mass is 16.2. The Labute approximate surface area is 96.4 Å². The summed E-state index contributed by atoms with van der Waals surface area (Å²) >= 11 is 0. The van der Waals surface area contributed by atoms with Crippen LogP contribution in [0.15, 0.2) is 0 Å². The second-order valence-electron chi connectivity index (χ2n) is 4.98. The van der Waals surface area contributed by atoms with E-state index in [0.29, 0.717) is 18.8 Å². The normalized spacial score (nSPS) is 29.2. The van der Waals surface area contributed by atoms with E-state index >= 15 is 0 Å². The van der Waals surface area contributed by atoms with Crippen LogP contribution in [0.25, 0.3) is 0 Å². The van der Waals surface area contributed by atoms with Crippen molar-refractivity contribution in [3.63, 3.8) is 0 Å². The first-order valence-electron chi connectivity index (χ1n) is 6.15. The van der Waals surface area contributed by atoms with Crippen LogP contribution in [0, 0.1) is 5.92 Å². The summed E-state index contributed by atoms with van der Waals surface area (Å²) in [5, 5.41) is 2.95. The molecule has 0 radical (unpaired) electrons. The zero-order valence-electron chi connectivity index (χ0n) is 10.2. The van der Waals surface area contributed by atoms with Gasteiger partial charge in [0, 0.05) is 7.05 Å². The first-order valence-corrected chi connectivity index (χ1v) is 6.15. The van der Waals surface area contributed by atoms with Crippen molar-refractivity contribution in [2.45, 2.75) is 51.1 Å². The van der Waals surface area contributed by atoms with Gasteiger partial charge in [-0.15, -0.1) is 0 Å². The standard InChI is InChI=1S/C12H20N2O2/c1-4-12(5-2)11(16)14(3)9(8-6-7-8)10(15)13-12/h8-9H,4-7H2,1-3H3,(H,13,15). The van der Waals surface area contributed by atoms with E-state index in [-0.39, 0.29) is 17.9 Å². The Morgan fingerprint density at radius 1 is 1.31 bits per heavy atom. The molecule has 4 heteroatoms. The van der Waals surface area contributed by atoms with Gasteiger partial charge in [-0.2, -0.15) is 0 Å². The molecule has 1 unspecified atom stereocenters. The van der Waals surface area contributed by atoms with Gasteiger partial charge < -0.3 is 10.2 Å². The van der Waals surface area contributed by atoms with E-state index in [1.54, 1.807) is 11.9 Å². The van der Waals surface area contributed by atoms with E-state index in [1.165, 1.54) is 0 Å². The van der Waals surface area contributed by atoms with Crippen molar-refractivity contribution in [3.05, 3.63) is 0 Å². The van der Waals surface area contributed by atoms with Crippen molar-refractivity contribution >= 4 is 11.8 Å². The Bertz CT molecular complexity index is 319. The number of piperazine rings is 1. The third-order valence-electron chi connectivity index (χ3n) is 4.05. The Morgan fingerprint density at radius 3 is 2.31 bits per heavy atom. The van der Waals surface area contributed by atoms with Crippen molar-refractivity contribution in [2.24, 2.45) is 5.92 Å². The number of amides is 2. The molecule has 1 heterocycles. The number of likely N-dealkylation sites (N-methyl/N-ethyl adjacent to an activating group) is 1. The summed E-state index contributed by atoms with van der Waals surface area (Å²) in [6, 6.07) is -0.223. The molecule has 0 aromatic rings. The zero-order chi connectivity index (χ0) is 11.9. The Hall–Kier alpha value is -1.06. The van der Waals surface area contributed by atoms with Crippen LogP contribution in [0.5, 0.6) is 0 Å². The van der Waals surface area contributed by atoms with Gasteiger partial charge in [-0.3, -0.25) is 9.59 Å². The van der Waals surface area contributed by atoms with Crippen LogP contribution in [0.1, 0.15) is 39.5 Å². The van der Waals surface area contributed by atoms with Crippen LogP contribution < -0.4 is 5.32 Å². The molecule has 90 valence electrons. The van der Waals surface area contributed by atoms with E-state index in [1.807, 2.05) is 13.8 Å². The summed E-state index contributed by atoms with van der Waals surface area (Å²) in [5.41, 5.74) is -0.656. The minimum atomic E-state index is -0.656. The predicted octanol–water partition coefficient (Wildman–Crippen LogP) is 0.912. The van der Waals surface area contributed by atoms with Crippen molar-refractivity contribution < 1.29 is 9.59 Å². The summed E-state index contributed by atoms with van der Waals surface area (Å²) in [4.78, 5) is 26.0. The smallest absolute Gasteiger partial charge is 0.248 e. The van der Waals surface area contributed by atoms with E-state index < -0.39 is 5.54 Å². The van der Waals surface area contributed by atoms with Gasteiger partial charge in [0.15, 0.2) is 0 Å². The molecule has 1 saturated carbocycles. The number of carbonyl (C=O) groups excluding carboxylic acids is 2. The minimum Gasteiger partial charge on any atom is -0.340 e. The number of nitrogens with one attached hydrogen (secondary N) is 1. The van der Waals surface area contributed by atoms with Gasteiger partial charge in [-0.25, -0.2) is 0 Å². The largest absolute Gasteiger partial charge is 0.340 e. The SMILES string of the molecule is CCC1(CC)NC(=O)C(C2CC2)N(C)C1=O. The Balaban J connectivity index is 2.25. The molecule has 4 nitrogen and oxygen atoms in total. The molecule has 1 aliphatic heterocycles. The van der Waals surface area contributed by atoms with Gasteiger partial charge in [0.05, 0.1) is 0 Å². The van der Waals surface area contributed by atoms with Crippen LogP contribution in [0.2, 0.25) is 0 Å². The fourth-order valence-electron chi connectivity index (χ4n) is 2.67. The molecule has 2 aliphatic rings. The monoisotopic (exact) mass is 224 g/mol. The van der Waals surface area contributed by atoms with Gasteiger partial charge in [0.25, 0.3) is 0 Å². The van der Waals surface area contributed by atoms with Crippen molar-refractivity contribution in [1.29, 1.82) is 0 Å². The van der Waals surface area contributed by atoms with E-state index in [9.17, 15) is 9.59 Å². The lowest BCUT2D eigenvalue weighted by atomic mass is 9.86. The lowest BCUT2D eigenvalue weighted by molar-refractivity contribution is -0.154. The number of rotatable bonds is 3. The molecule has 1 atom stereocenters. The highest BCUT2D eigenvalue weighted by Crippen LogP contribution is 2.38. The maximum absolute atomic E-state index is 12.3. The third kappa shape index (κ3) is 1.51. The van der Waals surface area contributed by atoms with Crippen LogP contribution in [0.4, 0.5) is 0 Å². The van der Waals surface area contributed by atoms with Crippen LogP contribution in [-0.4, -0.2) is 35.3 Å². The topological polar surface area (TPSA) is 49.4 Å². The lowest BCUT2D eigenvalue weighted by Gasteiger charge is -2.44. The van der Waals surface area contributed by atoms with Crippen LogP contribution in [0.3, 0.4) is 0 Å². The first kappa shape index (κ1) is 11.4. The minimum absolute atomic E-state index is 0.0355. The second kappa shape index (κ2) is 3.75. The lowest BCUT2D eigenvalue weighted by Crippen LogP contribution is -2.69. The number of carbonyl (C=O) groups is 2. The Morgan fingerprint density at radius 2 is 1.88 bits per heavy atom. The Kier molecular flexibility index (Phi) is 2.68. The summed E-state index contributed by atoms with van der Waals surface area (Å²) in [6.45, 7) is 3.90. The van der Waals surface area contributed by atoms with E-state index in [0.717, 1.165) is 12.8 Å². The molecule has 2 fully saturated rings. The molecular formula is C12H20N2O2.